The number of carbonyl (C=O) groups excluding carboxylic acids is 1. The summed E-state index contributed by atoms with van der Waals surface area (Å²) in [5.41, 5.74) is 3.19. The fourth-order valence-electron chi connectivity index (χ4n) is 7.12. The Morgan fingerprint density at radius 1 is 1.21 bits per heavy atom. The van der Waals surface area contributed by atoms with Crippen molar-refractivity contribution in [2.45, 2.75) is 44.3 Å². The zero-order chi connectivity index (χ0) is 29.4. The van der Waals surface area contributed by atoms with Gasteiger partial charge in [-0.3, -0.25) is 4.79 Å². The molecular weight excluding hydrogens is 550 g/mol. The molecule has 218 valence electrons. The lowest BCUT2D eigenvalue weighted by Crippen LogP contribution is -2.55. The molecule has 1 N–H and O–H groups in total. The quantitative estimate of drug-likeness (QED) is 0.422. The molecule has 3 aromatic rings. The third-order valence-corrected chi connectivity index (χ3v) is 9.45. The van der Waals surface area contributed by atoms with Crippen LogP contribution in [0.5, 0.6) is 6.01 Å². The van der Waals surface area contributed by atoms with Crippen LogP contribution in [0.1, 0.15) is 36.9 Å². The van der Waals surface area contributed by atoms with E-state index in [-0.39, 0.29) is 24.3 Å². The van der Waals surface area contributed by atoms with E-state index < -0.39 is 0 Å². The number of benzene rings is 2. The Labute approximate surface area is 251 Å². The highest BCUT2D eigenvalue weighted by Crippen LogP contribution is 2.45. The van der Waals surface area contributed by atoms with Gasteiger partial charge in [0.05, 0.1) is 42.9 Å². The maximum atomic E-state index is 12.6. The van der Waals surface area contributed by atoms with Gasteiger partial charge < -0.3 is 24.8 Å². The number of aromatic nitrogens is 2. The molecule has 3 aliphatic heterocycles. The van der Waals surface area contributed by atoms with Crippen LogP contribution in [0.3, 0.4) is 0 Å². The summed E-state index contributed by atoms with van der Waals surface area (Å²) in [5.74, 6) is 1.24. The summed E-state index contributed by atoms with van der Waals surface area (Å²) in [4.78, 5) is 28.9. The predicted molar refractivity (Wildman–Crippen MR) is 165 cm³/mol. The number of nitriles is 1. The van der Waals surface area contributed by atoms with Crippen LogP contribution in [-0.4, -0.2) is 72.7 Å². The highest BCUT2D eigenvalue weighted by molar-refractivity contribution is 6.36. The Hall–Kier alpha value is -3.87. The third kappa shape index (κ3) is 5.03. The van der Waals surface area contributed by atoms with Gasteiger partial charge in [0.2, 0.25) is 5.91 Å². The van der Waals surface area contributed by atoms with Gasteiger partial charge >= 0.3 is 6.01 Å². The van der Waals surface area contributed by atoms with Crippen LogP contribution in [-0.2, 0) is 11.3 Å². The van der Waals surface area contributed by atoms with Crippen molar-refractivity contribution in [1.29, 1.82) is 5.26 Å². The van der Waals surface area contributed by atoms with Crippen LogP contribution in [0.4, 0.5) is 11.5 Å². The van der Waals surface area contributed by atoms with Crippen molar-refractivity contribution < 1.29 is 9.53 Å². The van der Waals surface area contributed by atoms with Crippen LogP contribution >= 0.6 is 11.6 Å². The van der Waals surface area contributed by atoms with Gasteiger partial charge in [-0.25, -0.2) is 0 Å². The van der Waals surface area contributed by atoms with Gasteiger partial charge in [0, 0.05) is 54.8 Å². The highest BCUT2D eigenvalue weighted by Gasteiger charge is 2.42. The first-order chi connectivity index (χ1) is 20.4. The van der Waals surface area contributed by atoms with Crippen LogP contribution in [0.15, 0.2) is 49.1 Å². The number of rotatable bonds is 6. The minimum atomic E-state index is -0.255. The summed E-state index contributed by atoms with van der Waals surface area (Å²) in [5, 5.41) is 16.1. The van der Waals surface area contributed by atoms with Gasteiger partial charge in [0.1, 0.15) is 5.82 Å². The Balaban J connectivity index is 1.46. The molecule has 0 radical (unpaired) electrons. The lowest BCUT2D eigenvalue weighted by Gasteiger charge is -2.44. The summed E-state index contributed by atoms with van der Waals surface area (Å²) < 4.78 is 5.64. The first-order valence-corrected chi connectivity index (χ1v) is 15.0. The molecule has 4 atom stereocenters. The van der Waals surface area contributed by atoms with Crippen LogP contribution < -0.4 is 19.9 Å². The molecule has 1 amide bonds. The molecule has 2 aromatic carbocycles. The Bertz CT molecular complexity index is 1550. The van der Waals surface area contributed by atoms with Crippen molar-refractivity contribution in [3.05, 3.63) is 65.3 Å². The van der Waals surface area contributed by atoms with E-state index in [1.807, 2.05) is 12.1 Å². The molecule has 2 saturated heterocycles. The summed E-state index contributed by atoms with van der Waals surface area (Å²) in [6.45, 7) is 9.88. The Morgan fingerprint density at radius 2 is 2.02 bits per heavy atom. The number of piperazine rings is 1. The van der Waals surface area contributed by atoms with Gasteiger partial charge in [-0.15, -0.1) is 0 Å². The number of nitrogens with one attached hydrogen (secondary N) is 1. The second kappa shape index (κ2) is 11.8. The number of halogens is 1. The minimum Gasteiger partial charge on any atom is -0.467 e. The number of methoxy groups -OCH3 is 1. The molecular formula is C32H36ClN7O2. The van der Waals surface area contributed by atoms with Crippen LogP contribution in [0, 0.1) is 17.2 Å². The standard InChI is InChI=1S/C32H36ClN7O2/c1-4-28(41)40-16-15-38(17-22(40)11-13-34)31-30-24(23-12-14-35-20(23)2)18-39(19-26(30)36-32(37-31)42-3)27-10-6-8-21-7-5-9-25(33)29(21)27/h4-10,20,22-24,35H,1,11-12,14-19H2,2-3H3/t20?,22-,23?,24?/m0/s1. The second-order valence-corrected chi connectivity index (χ2v) is 11.8. The predicted octanol–water partition coefficient (Wildman–Crippen LogP) is 4.51. The molecule has 0 bridgehead atoms. The number of anilines is 2. The molecule has 0 saturated carbocycles. The van der Waals surface area contributed by atoms with Gasteiger partial charge in [-0.2, -0.15) is 15.2 Å². The van der Waals surface area contributed by atoms with E-state index in [0.717, 1.165) is 58.1 Å². The number of ether oxygens (including phenoxy) is 1. The molecule has 0 aliphatic carbocycles. The summed E-state index contributed by atoms with van der Waals surface area (Å²) in [6.07, 6.45) is 2.62. The molecule has 9 nitrogen and oxygen atoms in total. The number of fused-ring (bicyclic) bond motifs is 2. The van der Waals surface area contributed by atoms with E-state index in [4.69, 9.17) is 26.3 Å². The zero-order valence-electron chi connectivity index (χ0n) is 24.1. The Morgan fingerprint density at radius 3 is 2.74 bits per heavy atom. The minimum absolute atomic E-state index is 0.148. The number of hydrogen-bond acceptors (Lipinski definition) is 8. The summed E-state index contributed by atoms with van der Waals surface area (Å²) in [6, 6.07) is 15.0. The fraction of sp³-hybridized carbons (Fsp3) is 0.438. The SMILES string of the molecule is C=CC(=O)N1CCN(c2nc(OC)nc3c2C(C2CCNC2C)CN(c2cccc4cccc(Cl)c24)C3)C[C@@H]1CC#N. The van der Waals surface area contributed by atoms with E-state index in [2.05, 4.69) is 59.0 Å². The van der Waals surface area contributed by atoms with Crippen molar-refractivity contribution in [1.82, 2.24) is 20.2 Å². The molecule has 42 heavy (non-hydrogen) atoms. The highest BCUT2D eigenvalue weighted by atomic mass is 35.5. The topological polar surface area (TPSA) is 97.6 Å². The summed E-state index contributed by atoms with van der Waals surface area (Å²) >= 11 is 6.78. The van der Waals surface area contributed by atoms with Crippen molar-refractivity contribution >= 4 is 39.8 Å². The first kappa shape index (κ1) is 28.3. The molecule has 4 heterocycles. The lowest BCUT2D eigenvalue weighted by atomic mass is 9.78. The van der Waals surface area contributed by atoms with E-state index in [1.54, 1.807) is 12.0 Å². The van der Waals surface area contributed by atoms with Gasteiger partial charge in [0.15, 0.2) is 0 Å². The maximum Gasteiger partial charge on any atom is 0.318 e. The molecule has 2 fully saturated rings. The molecule has 1 aromatic heterocycles. The normalized spacial score (nSPS) is 23.9. The average Bonchev–Trinajstić information content (AvgIpc) is 3.45. The molecule has 3 unspecified atom stereocenters. The lowest BCUT2D eigenvalue weighted by molar-refractivity contribution is -0.128. The van der Waals surface area contributed by atoms with E-state index in [1.165, 1.54) is 6.08 Å². The van der Waals surface area contributed by atoms with Gasteiger partial charge in [0.25, 0.3) is 0 Å². The van der Waals surface area contributed by atoms with Crippen molar-refractivity contribution in [3.63, 3.8) is 0 Å². The van der Waals surface area contributed by atoms with Crippen molar-refractivity contribution in [2.24, 2.45) is 5.92 Å². The second-order valence-electron chi connectivity index (χ2n) is 11.4. The molecule has 0 spiro atoms. The Kier molecular flexibility index (Phi) is 7.93. The first-order valence-electron chi connectivity index (χ1n) is 14.6. The smallest absolute Gasteiger partial charge is 0.318 e. The van der Waals surface area contributed by atoms with E-state index >= 15 is 0 Å². The van der Waals surface area contributed by atoms with Crippen LogP contribution in [0.25, 0.3) is 10.8 Å². The fourth-order valence-corrected chi connectivity index (χ4v) is 7.40. The third-order valence-electron chi connectivity index (χ3n) is 9.14. The van der Waals surface area contributed by atoms with Gasteiger partial charge in [-0.1, -0.05) is 42.4 Å². The monoisotopic (exact) mass is 585 g/mol. The van der Waals surface area contributed by atoms with Crippen LogP contribution in [0.2, 0.25) is 5.02 Å². The number of amides is 1. The van der Waals surface area contributed by atoms with Crippen molar-refractivity contribution in [3.8, 4) is 12.1 Å². The molecule has 6 rings (SSSR count). The number of nitrogens with zero attached hydrogens (tertiary/aromatic N) is 6. The summed E-state index contributed by atoms with van der Waals surface area (Å²) in [7, 11) is 1.59. The maximum absolute atomic E-state index is 12.6. The number of carbonyl (C=O) groups is 1. The van der Waals surface area contributed by atoms with E-state index in [9.17, 15) is 10.1 Å². The molecule has 3 aliphatic rings. The number of hydrogen-bond donors (Lipinski definition) is 1. The zero-order valence-corrected chi connectivity index (χ0v) is 24.8. The van der Waals surface area contributed by atoms with E-state index in [0.29, 0.717) is 44.1 Å². The largest absolute Gasteiger partial charge is 0.467 e. The average molecular weight is 586 g/mol. The van der Waals surface area contributed by atoms with Crippen molar-refractivity contribution in [2.75, 3.05) is 49.6 Å². The van der Waals surface area contributed by atoms with Gasteiger partial charge in [-0.05, 0) is 49.4 Å². The molecule has 10 heteroatoms.